The molecule has 2 nitrogen and oxygen atoms in total. The molecule has 0 aliphatic rings. The summed E-state index contributed by atoms with van der Waals surface area (Å²) in [6, 6.07) is 18.5. The summed E-state index contributed by atoms with van der Waals surface area (Å²) in [6.45, 7) is 5.82. The molecule has 3 aromatic rings. The van der Waals surface area contributed by atoms with Crippen molar-refractivity contribution in [3.63, 3.8) is 0 Å². The van der Waals surface area contributed by atoms with Gasteiger partial charge in [0.15, 0.2) is 0 Å². The summed E-state index contributed by atoms with van der Waals surface area (Å²) < 4.78 is 2.19. The Bertz CT molecular complexity index is 852. The average Bonchev–Trinajstić information content (AvgIpc) is 2.95. The molecule has 108 valence electrons. The number of allylic oxidation sites excluding steroid dienone is 5. The second-order valence-corrected chi connectivity index (χ2v) is 4.95. The molecule has 0 atom stereocenters. The van der Waals surface area contributed by atoms with Crippen LogP contribution in [0.25, 0.3) is 22.3 Å². The predicted molar refractivity (Wildman–Crippen MR) is 94.1 cm³/mol. The lowest BCUT2D eigenvalue weighted by atomic mass is 10.2. The predicted octanol–water partition coefficient (Wildman–Crippen LogP) is 5.17. The van der Waals surface area contributed by atoms with Crippen molar-refractivity contribution in [1.82, 2.24) is 9.55 Å². The molecule has 0 fully saturated rings. The van der Waals surface area contributed by atoms with Crippen molar-refractivity contribution in [2.24, 2.45) is 0 Å². The second kappa shape index (κ2) is 6.27. The Kier molecular flexibility index (Phi) is 4.01. The minimum atomic E-state index is 0.922. The Morgan fingerprint density at radius 1 is 1.05 bits per heavy atom. The first-order chi connectivity index (χ1) is 10.8. The van der Waals surface area contributed by atoms with Crippen molar-refractivity contribution in [2.45, 2.75) is 6.92 Å². The van der Waals surface area contributed by atoms with E-state index < -0.39 is 0 Å². The third-order valence-electron chi connectivity index (χ3n) is 3.48. The number of imidazole rings is 1. The Labute approximate surface area is 130 Å². The molecule has 1 aromatic heterocycles. The number of nitrogens with zero attached hydrogens (tertiary/aromatic N) is 2. The van der Waals surface area contributed by atoms with E-state index in [0.717, 1.165) is 28.1 Å². The number of benzene rings is 2. The second-order valence-electron chi connectivity index (χ2n) is 4.95. The molecule has 1 heterocycles. The zero-order chi connectivity index (χ0) is 15.4. The topological polar surface area (TPSA) is 17.8 Å². The minimum absolute atomic E-state index is 0.922. The number of aromatic nitrogens is 2. The molecule has 0 aliphatic heterocycles. The minimum Gasteiger partial charge on any atom is -0.292 e. The summed E-state index contributed by atoms with van der Waals surface area (Å²) in [6.07, 6.45) is 7.86. The zero-order valence-electron chi connectivity index (χ0n) is 12.6. The Morgan fingerprint density at radius 2 is 1.77 bits per heavy atom. The first-order valence-electron chi connectivity index (χ1n) is 7.34. The SMILES string of the molecule is C=C/C=C(\C=C/C)c1nc2ccccc2n1-c1ccccc1. The Morgan fingerprint density at radius 3 is 2.50 bits per heavy atom. The summed E-state index contributed by atoms with van der Waals surface area (Å²) in [7, 11) is 0. The lowest BCUT2D eigenvalue weighted by molar-refractivity contribution is 1.06. The highest BCUT2D eigenvalue weighted by molar-refractivity contribution is 5.84. The number of fused-ring (bicyclic) bond motifs is 1. The van der Waals surface area contributed by atoms with Gasteiger partial charge in [-0.15, -0.1) is 0 Å². The molecule has 3 rings (SSSR count). The van der Waals surface area contributed by atoms with Gasteiger partial charge in [-0.05, 0) is 31.2 Å². The van der Waals surface area contributed by atoms with Gasteiger partial charge in [-0.2, -0.15) is 0 Å². The summed E-state index contributed by atoms with van der Waals surface area (Å²) in [5.74, 6) is 0.922. The number of rotatable bonds is 4. The van der Waals surface area contributed by atoms with Crippen LogP contribution in [-0.2, 0) is 0 Å². The summed E-state index contributed by atoms with van der Waals surface area (Å²) in [4.78, 5) is 4.82. The molecule has 0 radical (unpaired) electrons. The van der Waals surface area contributed by atoms with Crippen LogP contribution in [0.2, 0.25) is 0 Å². The van der Waals surface area contributed by atoms with Gasteiger partial charge in [-0.3, -0.25) is 4.57 Å². The van der Waals surface area contributed by atoms with Gasteiger partial charge in [-0.25, -0.2) is 4.98 Å². The van der Waals surface area contributed by atoms with Crippen LogP contribution in [0.15, 0.2) is 85.5 Å². The van der Waals surface area contributed by atoms with Gasteiger partial charge in [0, 0.05) is 11.3 Å². The third kappa shape index (κ3) is 2.51. The van der Waals surface area contributed by atoms with Crippen molar-refractivity contribution in [1.29, 1.82) is 0 Å². The molecular formula is C20H18N2. The molecule has 2 heteroatoms. The highest BCUT2D eigenvalue weighted by Crippen LogP contribution is 2.26. The molecule has 0 spiro atoms. The van der Waals surface area contributed by atoms with Gasteiger partial charge in [-0.1, -0.05) is 61.2 Å². The molecular weight excluding hydrogens is 268 g/mol. The van der Waals surface area contributed by atoms with Crippen LogP contribution in [0.3, 0.4) is 0 Å². The lowest BCUT2D eigenvalue weighted by Crippen LogP contribution is -1.99. The van der Waals surface area contributed by atoms with Crippen molar-refractivity contribution in [2.75, 3.05) is 0 Å². The highest BCUT2D eigenvalue weighted by Gasteiger charge is 2.13. The largest absolute Gasteiger partial charge is 0.292 e. The van der Waals surface area contributed by atoms with Crippen LogP contribution in [-0.4, -0.2) is 9.55 Å². The standard InChI is InChI=1S/C20H18N2/c1-3-10-16(11-4-2)20-21-18-14-8-9-15-19(18)22(20)17-12-6-5-7-13-17/h3-15H,1H2,2H3/b11-4-,16-10+. The molecule has 0 saturated heterocycles. The fourth-order valence-electron chi connectivity index (χ4n) is 2.57. The van der Waals surface area contributed by atoms with E-state index in [1.807, 2.05) is 55.5 Å². The maximum atomic E-state index is 4.82. The van der Waals surface area contributed by atoms with Crippen LogP contribution < -0.4 is 0 Å². The maximum absolute atomic E-state index is 4.82. The van der Waals surface area contributed by atoms with Gasteiger partial charge in [0.1, 0.15) is 5.82 Å². The van der Waals surface area contributed by atoms with Gasteiger partial charge in [0.05, 0.1) is 11.0 Å². The summed E-state index contributed by atoms with van der Waals surface area (Å²) in [5.41, 5.74) is 4.23. The van der Waals surface area contributed by atoms with Gasteiger partial charge < -0.3 is 0 Å². The van der Waals surface area contributed by atoms with Crippen molar-refractivity contribution >= 4 is 16.6 Å². The Hall–Kier alpha value is -2.87. The van der Waals surface area contributed by atoms with E-state index in [1.165, 1.54) is 0 Å². The fraction of sp³-hybridized carbons (Fsp3) is 0.0500. The molecule has 0 N–H and O–H groups in total. The maximum Gasteiger partial charge on any atom is 0.145 e. The molecule has 0 amide bonds. The van der Waals surface area contributed by atoms with E-state index in [1.54, 1.807) is 6.08 Å². The first-order valence-corrected chi connectivity index (χ1v) is 7.34. The van der Waals surface area contributed by atoms with Crippen LogP contribution in [0.5, 0.6) is 0 Å². The van der Waals surface area contributed by atoms with Crippen LogP contribution >= 0.6 is 0 Å². The van der Waals surface area contributed by atoms with Crippen LogP contribution in [0, 0.1) is 0 Å². The molecule has 2 aromatic carbocycles. The lowest BCUT2D eigenvalue weighted by Gasteiger charge is -2.09. The average molecular weight is 286 g/mol. The van der Waals surface area contributed by atoms with Crippen molar-refractivity contribution in [3.8, 4) is 5.69 Å². The van der Waals surface area contributed by atoms with Crippen LogP contribution in [0.1, 0.15) is 12.7 Å². The smallest absolute Gasteiger partial charge is 0.145 e. The Balaban J connectivity index is 2.35. The number of para-hydroxylation sites is 3. The fourth-order valence-corrected chi connectivity index (χ4v) is 2.57. The molecule has 22 heavy (non-hydrogen) atoms. The molecule has 0 aliphatic carbocycles. The van der Waals surface area contributed by atoms with E-state index in [9.17, 15) is 0 Å². The van der Waals surface area contributed by atoms with Crippen LogP contribution in [0.4, 0.5) is 0 Å². The van der Waals surface area contributed by atoms with E-state index >= 15 is 0 Å². The van der Waals surface area contributed by atoms with E-state index in [4.69, 9.17) is 4.98 Å². The molecule has 0 bridgehead atoms. The van der Waals surface area contributed by atoms with E-state index in [2.05, 4.69) is 35.4 Å². The third-order valence-corrected chi connectivity index (χ3v) is 3.48. The van der Waals surface area contributed by atoms with Gasteiger partial charge >= 0.3 is 0 Å². The highest BCUT2D eigenvalue weighted by atomic mass is 15.1. The van der Waals surface area contributed by atoms with Gasteiger partial charge in [0.25, 0.3) is 0 Å². The van der Waals surface area contributed by atoms with E-state index in [-0.39, 0.29) is 0 Å². The molecule has 0 saturated carbocycles. The number of hydrogen-bond donors (Lipinski definition) is 0. The van der Waals surface area contributed by atoms with Gasteiger partial charge in [0.2, 0.25) is 0 Å². The summed E-state index contributed by atoms with van der Waals surface area (Å²) >= 11 is 0. The normalized spacial score (nSPS) is 12.1. The zero-order valence-corrected chi connectivity index (χ0v) is 12.6. The van der Waals surface area contributed by atoms with Crippen molar-refractivity contribution in [3.05, 3.63) is 91.3 Å². The van der Waals surface area contributed by atoms with E-state index in [0.29, 0.717) is 0 Å². The molecule has 0 unspecified atom stereocenters. The first kappa shape index (κ1) is 14.1. The summed E-state index contributed by atoms with van der Waals surface area (Å²) in [5, 5.41) is 0. The quantitative estimate of drug-likeness (QED) is 0.605. The number of hydrogen-bond acceptors (Lipinski definition) is 1. The monoisotopic (exact) mass is 286 g/mol. The van der Waals surface area contributed by atoms with Crippen molar-refractivity contribution < 1.29 is 0 Å².